The van der Waals surface area contributed by atoms with Crippen molar-refractivity contribution in [2.45, 2.75) is 32.0 Å². The van der Waals surface area contributed by atoms with Crippen LogP contribution in [0.25, 0.3) is 0 Å². The fraction of sp³-hybridized carbons (Fsp3) is 0.611. The van der Waals surface area contributed by atoms with Crippen LogP contribution in [0, 0.1) is 11.7 Å². The summed E-state index contributed by atoms with van der Waals surface area (Å²) in [6, 6.07) is 2.70. The van der Waals surface area contributed by atoms with Crippen molar-refractivity contribution in [2.24, 2.45) is 10.9 Å². The minimum Gasteiger partial charge on any atom is -0.356 e. The molecule has 0 radical (unpaired) electrons. The second-order valence-electron chi connectivity index (χ2n) is 6.69. The van der Waals surface area contributed by atoms with Crippen LogP contribution in [0.5, 0.6) is 0 Å². The summed E-state index contributed by atoms with van der Waals surface area (Å²) in [5.41, 5.74) is -0.982. The first-order chi connectivity index (χ1) is 12.3. The SMILES string of the molecule is CN=C(NCCC1CCN(C)CC1)NCc1ccc(F)cc1C(F)(F)F.I. The van der Waals surface area contributed by atoms with E-state index in [9.17, 15) is 17.6 Å². The van der Waals surface area contributed by atoms with E-state index in [0.29, 0.717) is 24.5 Å². The molecule has 1 saturated heterocycles. The van der Waals surface area contributed by atoms with Crippen LogP contribution < -0.4 is 10.6 Å². The van der Waals surface area contributed by atoms with E-state index in [1.165, 1.54) is 0 Å². The molecular weight excluding hydrogens is 475 g/mol. The van der Waals surface area contributed by atoms with E-state index >= 15 is 0 Å². The molecule has 9 heteroatoms. The summed E-state index contributed by atoms with van der Waals surface area (Å²) in [5.74, 6) is 0.197. The number of nitrogens with zero attached hydrogens (tertiary/aromatic N) is 2. The zero-order valence-electron chi connectivity index (χ0n) is 15.6. The van der Waals surface area contributed by atoms with E-state index in [-0.39, 0.29) is 36.1 Å². The van der Waals surface area contributed by atoms with Crippen LogP contribution in [-0.2, 0) is 12.7 Å². The van der Waals surface area contributed by atoms with Gasteiger partial charge >= 0.3 is 6.18 Å². The van der Waals surface area contributed by atoms with Crippen LogP contribution in [0.2, 0.25) is 0 Å². The van der Waals surface area contributed by atoms with Gasteiger partial charge in [-0.2, -0.15) is 13.2 Å². The number of halogens is 5. The molecule has 0 aromatic heterocycles. The van der Waals surface area contributed by atoms with Crippen molar-refractivity contribution in [1.29, 1.82) is 0 Å². The molecule has 1 heterocycles. The number of hydrogen-bond acceptors (Lipinski definition) is 2. The number of benzene rings is 1. The topological polar surface area (TPSA) is 39.7 Å². The van der Waals surface area contributed by atoms with E-state index in [1.807, 2.05) is 0 Å². The van der Waals surface area contributed by atoms with E-state index in [2.05, 4.69) is 27.6 Å². The van der Waals surface area contributed by atoms with Crippen molar-refractivity contribution in [1.82, 2.24) is 15.5 Å². The van der Waals surface area contributed by atoms with Crippen LogP contribution >= 0.6 is 24.0 Å². The maximum atomic E-state index is 13.2. The molecule has 27 heavy (non-hydrogen) atoms. The van der Waals surface area contributed by atoms with Gasteiger partial charge in [-0.25, -0.2) is 4.39 Å². The number of rotatable bonds is 5. The molecule has 1 aromatic carbocycles. The molecule has 0 spiro atoms. The monoisotopic (exact) mass is 502 g/mol. The lowest BCUT2D eigenvalue weighted by Crippen LogP contribution is -2.39. The summed E-state index contributed by atoms with van der Waals surface area (Å²) in [4.78, 5) is 6.35. The second-order valence-corrected chi connectivity index (χ2v) is 6.69. The smallest absolute Gasteiger partial charge is 0.356 e. The largest absolute Gasteiger partial charge is 0.416 e. The van der Waals surface area contributed by atoms with Crippen LogP contribution in [0.15, 0.2) is 23.2 Å². The third kappa shape index (κ3) is 7.81. The Labute approximate surface area is 174 Å². The van der Waals surface area contributed by atoms with E-state index in [4.69, 9.17) is 0 Å². The average Bonchev–Trinajstić information content (AvgIpc) is 2.59. The minimum atomic E-state index is -4.59. The predicted octanol–water partition coefficient (Wildman–Crippen LogP) is 3.86. The molecule has 2 N–H and O–H groups in total. The Hall–Kier alpha value is -1.10. The van der Waals surface area contributed by atoms with Crippen molar-refractivity contribution in [2.75, 3.05) is 33.7 Å². The molecule has 1 aliphatic rings. The van der Waals surface area contributed by atoms with Crippen molar-refractivity contribution < 1.29 is 17.6 Å². The summed E-state index contributed by atoms with van der Waals surface area (Å²) in [6.07, 6.45) is -1.27. The van der Waals surface area contributed by atoms with Gasteiger partial charge in [0.05, 0.1) is 5.56 Å². The van der Waals surface area contributed by atoms with Gasteiger partial charge in [-0.05, 0) is 63.0 Å². The van der Waals surface area contributed by atoms with Gasteiger partial charge < -0.3 is 15.5 Å². The number of likely N-dealkylation sites (tertiary alicyclic amines) is 1. The van der Waals surface area contributed by atoms with E-state index in [0.717, 1.165) is 44.5 Å². The van der Waals surface area contributed by atoms with Crippen LogP contribution in [0.1, 0.15) is 30.4 Å². The zero-order chi connectivity index (χ0) is 19.2. The quantitative estimate of drug-likeness (QED) is 0.278. The predicted molar refractivity (Wildman–Crippen MR) is 110 cm³/mol. The molecule has 1 fully saturated rings. The molecule has 154 valence electrons. The first-order valence-electron chi connectivity index (χ1n) is 8.78. The Morgan fingerprint density at radius 3 is 2.48 bits per heavy atom. The first kappa shape index (κ1) is 23.9. The van der Waals surface area contributed by atoms with Gasteiger partial charge in [-0.15, -0.1) is 24.0 Å². The number of nitrogens with one attached hydrogen (secondary N) is 2. The Morgan fingerprint density at radius 2 is 1.89 bits per heavy atom. The summed E-state index contributed by atoms with van der Waals surface area (Å²) in [5, 5.41) is 6.01. The highest BCUT2D eigenvalue weighted by molar-refractivity contribution is 14.0. The number of aliphatic imine (C=N–C) groups is 1. The zero-order valence-corrected chi connectivity index (χ0v) is 17.9. The summed E-state index contributed by atoms with van der Waals surface area (Å²) in [7, 11) is 3.69. The lowest BCUT2D eigenvalue weighted by Gasteiger charge is -2.29. The molecule has 0 saturated carbocycles. The van der Waals surface area contributed by atoms with Crippen LogP contribution in [-0.4, -0.2) is 44.6 Å². The molecule has 0 atom stereocenters. The van der Waals surface area contributed by atoms with Gasteiger partial charge in [0, 0.05) is 20.1 Å². The van der Waals surface area contributed by atoms with Crippen LogP contribution in [0.4, 0.5) is 17.6 Å². The molecule has 1 aromatic rings. The Morgan fingerprint density at radius 1 is 1.22 bits per heavy atom. The fourth-order valence-electron chi connectivity index (χ4n) is 3.11. The summed E-state index contributed by atoms with van der Waals surface area (Å²) < 4.78 is 52.2. The number of hydrogen-bond donors (Lipinski definition) is 2. The van der Waals surface area contributed by atoms with Crippen molar-refractivity contribution in [3.05, 3.63) is 35.1 Å². The summed E-state index contributed by atoms with van der Waals surface area (Å²) in [6.45, 7) is 2.83. The fourth-order valence-corrected chi connectivity index (χ4v) is 3.11. The highest BCUT2D eigenvalue weighted by atomic mass is 127. The van der Waals surface area contributed by atoms with Gasteiger partial charge in [0.2, 0.25) is 0 Å². The van der Waals surface area contributed by atoms with Gasteiger partial charge in [-0.3, -0.25) is 4.99 Å². The highest BCUT2D eigenvalue weighted by Crippen LogP contribution is 2.32. The van der Waals surface area contributed by atoms with E-state index in [1.54, 1.807) is 7.05 Å². The number of alkyl halides is 3. The number of piperidine rings is 1. The van der Waals surface area contributed by atoms with E-state index < -0.39 is 17.6 Å². The first-order valence-corrected chi connectivity index (χ1v) is 8.78. The van der Waals surface area contributed by atoms with Gasteiger partial charge in [0.25, 0.3) is 0 Å². The molecule has 0 amide bonds. The molecular formula is C18H27F4IN4. The van der Waals surface area contributed by atoms with Crippen molar-refractivity contribution in [3.63, 3.8) is 0 Å². The second kappa shape index (κ2) is 11.0. The maximum Gasteiger partial charge on any atom is 0.416 e. The molecule has 2 rings (SSSR count). The van der Waals surface area contributed by atoms with Gasteiger partial charge in [-0.1, -0.05) is 6.07 Å². The third-order valence-electron chi connectivity index (χ3n) is 4.73. The Bertz CT molecular complexity index is 614. The molecule has 0 aliphatic carbocycles. The molecule has 0 bridgehead atoms. The van der Waals surface area contributed by atoms with Gasteiger partial charge in [0.15, 0.2) is 5.96 Å². The molecule has 4 nitrogen and oxygen atoms in total. The average molecular weight is 502 g/mol. The highest BCUT2D eigenvalue weighted by Gasteiger charge is 2.33. The standard InChI is InChI=1S/C18H26F4N4.HI/c1-23-17(24-8-5-13-6-9-26(2)10-7-13)25-12-14-3-4-15(19)11-16(14)18(20,21)22;/h3-4,11,13H,5-10,12H2,1-2H3,(H2,23,24,25);1H. The third-order valence-corrected chi connectivity index (χ3v) is 4.73. The van der Waals surface area contributed by atoms with Gasteiger partial charge in [0.1, 0.15) is 5.82 Å². The Balaban J connectivity index is 0.00000364. The molecule has 0 unspecified atom stereocenters. The van der Waals surface area contributed by atoms with Crippen molar-refractivity contribution in [3.8, 4) is 0 Å². The van der Waals surface area contributed by atoms with Crippen LogP contribution in [0.3, 0.4) is 0 Å². The molecule has 1 aliphatic heterocycles. The van der Waals surface area contributed by atoms with Crippen molar-refractivity contribution >= 4 is 29.9 Å². The maximum absolute atomic E-state index is 13.2. The lowest BCUT2D eigenvalue weighted by molar-refractivity contribution is -0.138. The Kier molecular flexibility index (Phi) is 9.78. The normalized spacial score (nSPS) is 16.7. The number of guanidine groups is 1. The lowest BCUT2D eigenvalue weighted by atomic mass is 9.94. The summed E-state index contributed by atoms with van der Waals surface area (Å²) >= 11 is 0. The minimum absolute atomic E-state index is 0.